The summed E-state index contributed by atoms with van der Waals surface area (Å²) in [4.78, 5) is 11.4. The molecule has 0 unspecified atom stereocenters. The molecule has 1 amide bonds. The number of amides is 1. The molecule has 6 nitrogen and oxygen atoms in total. The van der Waals surface area contributed by atoms with Gasteiger partial charge in [-0.15, -0.1) is 0 Å². The van der Waals surface area contributed by atoms with E-state index in [4.69, 9.17) is 22.1 Å². The van der Waals surface area contributed by atoms with Gasteiger partial charge in [-0.2, -0.15) is 0 Å². The Labute approximate surface area is 145 Å². The molecular weight excluding hydrogens is 352 g/mol. The number of hydrogen-bond acceptors (Lipinski definition) is 4. The van der Waals surface area contributed by atoms with Crippen molar-refractivity contribution in [2.45, 2.75) is 18.7 Å². The van der Waals surface area contributed by atoms with Gasteiger partial charge in [-0.1, -0.05) is 11.6 Å². The van der Waals surface area contributed by atoms with Crippen LogP contribution >= 0.6 is 11.6 Å². The molecular formula is C16H17ClN2O4S. The number of sulfonamides is 1. The second-order valence-electron chi connectivity index (χ2n) is 5.25. The minimum atomic E-state index is -3.85. The van der Waals surface area contributed by atoms with E-state index in [0.29, 0.717) is 16.9 Å². The maximum absolute atomic E-state index is 12.6. The summed E-state index contributed by atoms with van der Waals surface area (Å²) < 4.78 is 32.9. The van der Waals surface area contributed by atoms with Crippen LogP contribution in [0.2, 0.25) is 5.02 Å². The molecule has 0 heterocycles. The van der Waals surface area contributed by atoms with Gasteiger partial charge < -0.3 is 10.5 Å². The number of nitrogens with one attached hydrogen (secondary N) is 1. The Morgan fingerprint density at radius 3 is 2.42 bits per heavy atom. The van der Waals surface area contributed by atoms with Crippen LogP contribution in [-0.4, -0.2) is 21.4 Å². The summed E-state index contributed by atoms with van der Waals surface area (Å²) in [5.41, 5.74) is 6.68. The van der Waals surface area contributed by atoms with E-state index in [-0.39, 0.29) is 21.2 Å². The fraction of sp³-hybridized carbons (Fsp3) is 0.188. The van der Waals surface area contributed by atoms with Crippen molar-refractivity contribution in [3.8, 4) is 5.75 Å². The second kappa shape index (κ2) is 6.70. The molecule has 128 valence electrons. The van der Waals surface area contributed by atoms with Crippen LogP contribution in [0.4, 0.5) is 5.69 Å². The van der Waals surface area contributed by atoms with Crippen molar-refractivity contribution in [1.82, 2.24) is 0 Å². The van der Waals surface area contributed by atoms with Crippen molar-refractivity contribution in [3.05, 3.63) is 52.0 Å². The minimum absolute atomic E-state index is 0.0412. The first-order valence-corrected chi connectivity index (χ1v) is 8.79. The smallest absolute Gasteiger partial charge is 0.262 e. The Balaban J connectivity index is 2.44. The zero-order valence-electron chi connectivity index (χ0n) is 13.4. The lowest BCUT2D eigenvalue weighted by atomic mass is 10.1. The number of carbonyl (C=O) groups excluding carboxylic acids is 1. The molecule has 0 aliphatic carbocycles. The standard InChI is InChI=1S/C16H17ClN2O4S/c1-9-7-15(10(2)6-14(9)23-3)24(21,22)19-11-4-5-13(17)12(8-11)16(18)20/h4-8,19H,1-3H3,(H2,18,20). The maximum atomic E-state index is 12.6. The molecule has 2 aromatic carbocycles. The SMILES string of the molecule is COc1cc(C)c(S(=O)(=O)Nc2ccc(Cl)c(C(N)=O)c2)cc1C. The van der Waals surface area contributed by atoms with E-state index in [2.05, 4.69) is 4.72 Å². The van der Waals surface area contributed by atoms with Gasteiger partial charge in [0.05, 0.1) is 22.6 Å². The molecule has 0 saturated heterocycles. The zero-order chi connectivity index (χ0) is 18.1. The Kier molecular flexibility index (Phi) is 5.05. The fourth-order valence-electron chi connectivity index (χ4n) is 2.26. The molecule has 0 aromatic heterocycles. The maximum Gasteiger partial charge on any atom is 0.262 e. The summed E-state index contributed by atoms with van der Waals surface area (Å²) in [6, 6.07) is 7.35. The molecule has 24 heavy (non-hydrogen) atoms. The summed E-state index contributed by atoms with van der Waals surface area (Å²) in [6.07, 6.45) is 0. The summed E-state index contributed by atoms with van der Waals surface area (Å²) in [5.74, 6) is -0.133. The third kappa shape index (κ3) is 3.63. The van der Waals surface area contributed by atoms with Crippen molar-refractivity contribution >= 4 is 33.2 Å². The van der Waals surface area contributed by atoms with E-state index < -0.39 is 15.9 Å². The number of primary amides is 1. The van der Waals surface area contributed by atoms with Crippen LogP contribution < -0.4 is 15.2 Å². The van der Waals surface area contributed by atoms with Gasteiger partial charge in [0.1, 0.15) is 5.75 Å². The topological polar surface area (TPSA) is 98.5 Å². The average Bonchev–Trinajstić information content (AvgIpc) is 2.50. The first-order chi connectivity index (χ1) is 11.2. The van der Waals surface area contributed by atoms with E-state index in [1.165, 1.54) is 31.4 Å². The highest BCUT2D eigenvalue weighted by Gasteiger charge is 2.20. The molecule has 8 heteroatoms. The monoisotopic (exact) mass is 368 g/mol. The largest absolute Gasteiger partial charge is 0.496 e. The van der Waals surface area contributed by atoms with Crippen molar-refractivity contribution < 1.29 is 17.9 Å². The Morgan fingerprint density at radius 2 is 1.83 bits per heavy atom. The van der Waals surface area contributed by atoms with Gasteiger partial charge in [0.25, 0.3) is 10.0 Å². The molecule has 0 aliphatic heterocycles. The summed E-state index contributed by atoms with van der Waals surface area (Å²) in [5, 5.41) is 0.155. The van der Waals surface area contributed by atoms with E-state index in [1.807, 2.05) is 0 Å². The minimum Gasteiger partial charge on any atom is -0.496 e. The number of methoxy groups -OCH3 is 1. The van der Waals surface area contributed by atoms with Crippen LogP contribution in [0.25, 0.3) is 0 Å². The first-order valence-electron chi connectivity index (χ1n) is 6.93. The number of halogens is 1. The Hall–Kier alpha value is -2.25. The quantitative estimate of drug-likeness (QED) is 0.847. The molecule has 0 aliphatic rings. The van der Waals surface area contributed by atoms with Crippen molar-refractivity contribution in [2.24, 2.45) is 5.73 Å². The highest BCUT2D eigenvalue weighted by atomic mass is 35.5. The lowest BCUT2D eigenvalue weighted by Crippen LogP contribution is -2.16. The van der Waals surface area contributed by atoms with Crippen LogP contribution in [0.15, 0.2) is 35.2 Å². The summed E-state index contributed by atoms with van der Waals surface area (Å²) in [7, 11) is -2.33. The van der Waals surface area contributed by atoms with Crippen molar-refractivity contribution in [1.29, 1.82) is 0 Å². The van der Waals surface area contributed by atoms with Gasteiger partial charge in [-0.25, -0.2) is 8.42 Å². The lowest BCUT2D eigenvalue weighted by molar-refractivity contribution is 0.100. The molecule has 0 spiro atoms. The highest BCUT2D eigenvalue weighted by molar-refractivity contribution is 7.92. The Morgan fingerprint density at radius 1 is 1.17 bits per heavy atom. The molecule has 0 radical (unpaired) electrons. The lowest BCUT2D eigenvalue weighted by Gasteiger charge is -2.14. The fourth-order valence-corrected chi connectivity index (χ4v) is 3.83. The van der Waals surface area contributed by atoms with E-state index in [0.717, 1.165) is 0 Å². The second-order valence-corrected chi connectivity index (χ2v) is 7.31. The van der Waals surface area contributed by atoms with Gasteiger partial charge in [0.2, 0.25) is 5.91 Å². The van der Waals surface area contributed by atoms with Crippen molar-refractivity contribution in [3.63, 3.8) is 0 Å². The van der Waals surface area contributed by atoms with Gasteiger partial charge in [0.15, 0.2) is 0 Å². The van der Waals surface area contributed by atoms with Crippen LogP contribution in [-0.2, 0) is 10.0 Å². The van der Waals surface area contributed by atoms with Crippen LogP contribution in [0.1, 0.15) is 21.5 Å². The van der Waals surface area contributed by atoms with E-state index >= 15 is 0 Å². The number of carbonyl (C=O) groups is 1. The first kappa shape index (κ1) is 18.1. The third-order valence-electron chi connectivity index (χ3n) is 3.47. The summed E-state index contributed by atoms with van der Waals surface area (Å²) in [6.45, 7) is 3.43. The number of aryl methyl sites for hydroxylation is 2. The van der Waals surface area contributed by atoms with E-state index in [1.54, 1.807) is 19.9 Å². The van der Waals surface area contributed by atoms with Gasteiger partial charge >= 0.3 is 0 Å². The molecule has 0 bridgehead atoms. The van der Waals surface area contributed by atoms with Gasteiger partial charge in [-0.05, 0) is 55.3 Å². The molecule has 2 rings (SSSR count). The predicted molar refractivity (Wildman–Crippen MR) is 93.2 cm³/mol. The number of nitrogens with two attached hydrogens (primary N) is 1. The number of benzene rings is 2. The molecule has 2 aromatic rings. The number of rotatable bonds is 5. The van der Waals surface area contributed by atoms with Crippen LogP contribution in [0.5, 0.6) is 5.75 Å². The predicted octanol–water partition coefficient (Wildman–Crippen LogP) is 2.87. The van der Waals surface area contributed by atoms with Crippen LogP contribution in [0.3, 0.4) is 0 Å². The normalized spacial score (nSPS) is 11.2. The highest BCUT2D eigenvalue weighted by Crippen LogP contribution is 2.28. The van der Waals surface area contributed by atoms with Gasteiger partial charge in [-0.3, -0.25) is 9.52 Å². The van der Waals surface area contributed by atoms with Crippen molar-refractivity contribution in [2.75, 3.05) is 11.8 Å². The van der Waals surface area contributed by atoms with Crippen LogP contribution in [0, 0.1) is 13.8 Å². The average molecular weight is 369 g/mol. The third-order valence-corrected chi connectivity index (χ3v) is 5.32. The number of hydrogen-bond donors (Lipinski definition) is 2. The Bertz CT molecular complexity index is 911. The van der Waals surface area contributed by atoms with E-state index in [9.17, 15) is 13.2 Å². The zero-order valence-corrected chi connectivity index (χ0v) is 15.0. The molecule has 0 atom stereocenters. The summed E-state index contributed by atoms with van der Waals surface area (Å²) >= 11 is 5.87. The van der Waals surface area contributed by atoms with Gasteiger partial charge in [0, 0.05) is 5.69 Å². The number of ether oxygens (including phenoxy) is 1. The molecule has 0 fully saturated rings. The molecule has 3 N–H and O–H groups in total. The molecule has 0 saturated carbocycles. The number of anilines is 1.